The van der Waals surface area contributed by atoms with Crippen molar-refractivity contribution < 1.29 is 13.9 Å². The number of carbonyl (C=O) groups excluding carboxylic acids is 1. The summed E-state index contributed by atoms with van der Waals surface area (Å²) in [5, 5.41) is 8.16. The average Bonchev–Trinajstić information content (AvgIpc) is 3.16. The number of Topliss-reactive ketones (excluding diaryl/α,β-unsaturated/α-hetero) is 1. The summed E-state index contributed by atoms with van der Waals surface area (Å²) in [7, 11) is 1.62. The molecule has 1 aromatic heterocycles. The molecule has 6 heteroatoms. The van der Waals surface area contributed by atoms with Crippen LogP contribution in [0, 0.1) is 0 Å². The molecule has 0 amide bonds. The van der Waals surface area contributed by atoms with Gasteiger partial charge in [-0.05, 0) is 43.2 Å². The quantitative estimate of drug-likeness (QED) is 0.446. The maximum Gasteiger partial charge on any atom is 0.277 e. The predicted octanol–water partition coefficient (Wildman–Crippen LogP) is 4.67. The van der Waals surface area contributed by atoms with Crippen LogP contribution >= 0.6 is 11.8 Å². The Bertz CT molecular complexity index is 873. The average molecular weight is 368 g/mol. The van der Waals surface area contributed by atoms with Gasteiger partial charge in [-0.2, -0.15) is 0 Å². The molecule has 1 heterocycles. The second-order valence-corrected chi connectivity index (χ2v) is 7.07. The van der Waals surface area contributed by atoms with E-state index in [4.69, 9.17) is 9.15 Å². The summed E-state index contributed by atoms with van der Waals surface area (Å²) in [6, 6.07) is 15.1. The second kappa shape index (κ2) is 8.19. The van der Waals surface area contributed by atoms with Crippen molar-refractivity contribution in [2.75, 3.05) is 7.11 Å². The Labute approximate surface area is 156 Å². The first kappa shape index (κ1) is 18.2. The van der Waals surface area contributed by atoms with Crippen molar-refractivity contribution >= 4 is 17.5 Å². The molecule has 0 aliphatic rings. The third-order valence-corrected chi connectivity index (χ3v) is 4.97. The number of aryl methyl sites for hydroxylation is 1. The van der Waals surface area contributed by atoms with Crippen molar-refractivity contribution in [3.8, 4) is 17.2 Å². The Kier molecular flexibility index (Phi) is 5.73. The summed E-state index contributed by atoms with van der Waals surface area (Å²) < 4.78 is 10.8. The number of rotatable bonds is 7. The van der Waals surface area contributed by atoms with Crippen LogP contribution in [0.25, 0.3) is 11.5 Å². The molecule has 0 radical (unpaired) electrons. The molecule has 0 spiro atoms. The zero-order chi connectivity index (χ0) is 18.5. The standard InChI is InChI=1S/C20H20N2O3S/c1-4-14-5-7-15(8-6-14)18(23)13(2)26-20-22-21-19(25-20)16-9-11-17(24-3)12-10-16/h5-13H,4H2,1-3H3. The zero-order valence-electron chi connectivity index (χ0n) is 14.9. The summed E-state index contributed by atoms with van der Waals surface area (Å²) in [5.74, 6) is 1.22. The van der Waals surface area contributed by atoms with E-state index in [0.29, 0.717) is 16.7 Å². The number of carbonyl (C=O) groups is 1. The van der Waals surface area contributed by atoms with Gasteiger partial charge in [-0.15, -0.1) is 10.2 Å². The number of hydrogen-bond donors (Lipinski definition) is 0. The Morgan fingerprint density at radius 3 is 2.42 bits per heavy atom. The van der Waals surface area contributed by atoms with Gasteiger partial charge in [-0.25, -0.2) is 0 Å². The van der Waals surface area contributed by atoms with Gasteiger partial charge in [0.1, 0.15) is 5.75 Å². The molecule has 2 aromatic carbocycles. The predicted molar refractivity (Wildman–Crippen MR) is 102 cm³/mol. The summed E-state index contributed by atoms with van der Waals surface area (Å²) in [4.78, 5) is 12.6. The molecule has 0 N–H and O–H groups in total. The smallest absolute Gasteiger partial charge is 0.277 e. The number of hydrogen-bond acceptors (Lipinski definition) is 6. The molecule has 0 bridgehead atoms. The lowest BCUT2D eigenvalue weighted by atomic mass is 10.1. The van der Waals surface area contributed by atoms with Crippen LogP contribution < -0.4 is 4.74 Å². The largest absolute Gasteiger partial charge is 0.497 e. The first-order valence-electron chi connectivity index (χ1n) is 8.38. The lowest BCUT2D eigenvalue weighted by molar-refractivity contribution is 0.0993. The maximum atomic E-state index is 12.6. The van der Waals surface area contributed by atoms with Crippen molar-refractivity contribution in [2.45, 2.75) is 30.7 Å². The first-order chi connectivity index (χ1) is 12.6. The normalized spacial score (nSPS) is 12.0. The monoisotopic (exact) mass is 368 g/mol. The van der Waals surface area contributed by atoms with Crippen LogP contribution in [0.15, 0.2) is 58.2 Å². The molecule has 0 fully saturated rings. The number of nitrogens with zero attached hydrogens (tertiary/aromatic N) is 2. The van der Waals surface area contributed by atoms with Gasteiger partial charge in [0.25, 0.3) is 5.22 Å². The van der Waals surface area contributed by atoms with E-state index in [1.165, 1.54) is 17.3 Å². The highest BCUT2D eigenvalue weighted by molar-refractivity contribution is 8.00. The van der Waals surface area contributed by atoms with Gasteiger partial charge in [-0.3, -0.25) is 4.79 Å². The SMILES string of the molecule is CCc1ccc(C(=O)C(C)Sc2nnc(-c3ccc(OC)cc3)o2)cc1. The van der Waals surface area contributed by atoms with E-state index < -0.39 is 0 Å². The molecule has 0 aliphatic carbocycles. The minimum atomic E-state index is -0.313. The van der Waals surface area contributed by atoms with E-state index >= 15 is 0 Å². The number of aromatic nitrogens is 2. The van der Waals surface area contributed by atoms with E-state index in [0.717, 1.165) is 17.7 Å². The number of methoxy groups -OCH3 is 1. The van der Waals surface area contributed by atoms with Gasteiger partial charge in [0.05, 0.1) is 12.4 Å². The third-order valence-electron chi connectivity index (χ3n) is 4.04. The van der Waals surface area contributed by atoms with E-state index in [1.807, 2.05) is 55.5 Å². The Morgan fingerprint density at radius 1 is 1.12 bits per heavy atom. The topological polar surface area (TPSA) is 65.2 Å². The van der Waals surface area contributed by atoms with Crippen LogP contribution in [0.3, 0.4) is 0 Å². The van der Waals surface area contributed by atoms with E-state index in [-0.39, 0.29) is 11.0 Å². The first-order valence-corrected chi connectivity index (χ1v) is 9.26. The molecular formula is C20H20N2O3S. The van der Waals surface area contributed by atoms with E-state index in [2.05, 4.69) is 17.1 Å². The molecule has 26 heavy (non-hydrogen) atoms. The van der Waals surface area contributed by atoms with Gasteiger partial charge in [-0.1, -0.05) is 43.0 Å². The zero-order valence-corrected chi connectivity index (χ0v) is 15.7. The second-order valence-electron chi connectivity index (χ2n) is 5.78. The maximum absolute atomic E-state index is 12.6. The van der Waals surface area contributed by atoms with Crippen LogP contribution in [-0.2, 0) is 6.42 Å². The van der Waals surface area contributed by atoms with Crippen LogP contribution in [0.2, 0.25) is 0 Å². The van der Waals surface area contributed by atoms with Crippen molar-refractivity contribution in [3.05, 3.63) is 59.7 Å². The van der Waals surface area contributed by atoms with Crippen molar-refractivity contribution in [1.82, 2.24) is 10.2 Å². The van der Waals surface area contributed by atoms with Gasteiger partial charge < -0.3 is 9.15 Å². The number of ether oxygens (including phenoxy) is 1. The molecule has 5 nitrogen and oxygen atoms in total. The number of thioether (sulfide) groups is 1. The lowest BCUT2D eigenvalue weighted by Crippen LogP contribution is -2.13. The van der Waals surface area contributed by atoms with Crippen LogP contribution in [-0.4, -0.2) is 28.3 Å². The molecule has 0 aliphatic heterocycles. The summed E-state index contributed by atoms with van der Waals surface area (Å²) in [6.45, 7) is 3.93. The van der Waals surface area contributed by atoms with Crippen molar-refractivity contribution in [1.29, 1.82) is 0 Å². The van der Waals surface area contributed by atoms with E-state index in [9.17, 15) is 4.79 Å². The number of ketones is 1. The molecule has 3 rings (SSSR count). The van der Waals surface area contributed by atoms with Crippen molar-refractivity contribution in [3.63, 3.8) is 0 Å². The molecular weight excluding hydrogens is 348 g/mol. The highest BCUT2D eigenvalue weighted by Gasteiger charge is 2.20. The highest BCUT2D eigenvalue weighted by atomic mass is 32.2. The Hall–Kier alpha value is -2.60. The summed E-state index contributed by atoms with van der Waals surface area (Å²) in [6.07, 6.45) is 0.953. The fourth-order valence-corrected chi connectivity index (χ4v) is 3.21. The molecule has 0 saturated heterocycles. The summed E-state index contributed by atoms with van der Waals surface area (Å²) in [5.41, 5.74) is 2.71. The molecule has 3 aromatic rings. The van der Waals surface area contributed by atoms with Gasteiger partial charge >= 0.3 is 0 Å². The minimum absolute atomic E-state index is 0.0434. The van der Waals surface area contributed by atoms with Crippen molar-refractivity contribution in [2.24, 2.45) is 0 Å². The fourth-order valence-electron chi connectivity index (χ4n) is 2.45. The Morgan fingerprint density at radius 2 is 1.81 bits per heavy atom. The minimum Gasteiger partial charge on any atom is -0.497 e. The van der Waals surface area contributed by atoms with Crippen LogP contribution in [0.4, 0.5) is 0 Å². The van der Waals surface area contributed by atoms with Gasteiger partial charge in [0.15, 0.2) is 5.78 Å². The fraction of sp³-hybridized carbons (Fsp3) is 0.250. The highest BCUT2D eigenvalue weighted by Crippen LogP contribution is 2.28. The third kappa shape index (κ3) is 4.14. The molecule has 0 saturated carbocycles. The van der Waals surface area contributed by atoms with Gasteiger partial charge in [0.2, 0.25) is 5.89 Å². The van der Waals surface area contributed by atoms with E-state index in [1.54, 1.807) is 7.11 Å². The molecule has 1 atom stereocenters. The van der Waals surface area contributed by atoms with Crippen LogP contribution in [0.1, 0.15) is 29.8 Å². The summed E-state index contributed by atoms with van der Waals surface area (Å²) >= 11 is 1.27. The Balaban J connectivity index is 1.68. The van der Waals surface area contributed by atoms with Gasteiger partial charge in [0, 0.05) is 11.1 Å². The molecule has 134 valence electrons. The van der Waals surface area contributed by atoms with Crippen LogP contribution in [0.5, 0.6) is 5.75 Å². The number of benzene rings is 2. The molecule has 1 unspecified atom stereocenters. The lowest BCUT2D eigenvalue weighted by Gasteiger charge is -2.08.